The van der Waals surface area contributed by atoms with Crippen molar-refractivity contribution in [2.75, 3.05) is 6.54 Å². The van der Waals surface area contributed by atoms with Gasteiger partial charge in [-0.25, -0.2) is 0 Å². The van der Waals surface area contributed by atoms with E-state index in [1.165, 1.54) is 24.0 Å². The van der Waals surface area contributed by atoms with Gasteiger partial charge in [0.1, 0.15) is 0 Å². The first-order valence-corrected chi connectivity index (χ1v) is 4.90. The minimum absolute atomic E-state index is 0.418. The first kappa shape index (κ1) is 8.70. The van der Waals surface area contributed by atoms with Crippen LogP contribution in [0, 0.1) is 6.92 Å². The summed E-state index contributed by atoms with van der Waals surface area (Å²) in [6, 6.07) is 2.15. The molecule has 0 amide bonds. The lowest BCUT2D eigenvalue weighted by atomic mass is 9.90. The van der Waals surface area contributed by atoms with E-state index >= 15 is 0 Å². The zero-order chi connectivity index (χ0) is 9.31. The van der Waals surface area contributed by atoms with Gasteiger partial charge in [-0.15, -0.1) is 0 Å². The second kappa shape index (κ2) is 3.11. The van der Waals surface area contributed by atoms with Crippen molar-refractivity contribution in [3.05, 3.63) is 29.6 Å². The van der Waals surface area contributed by atoms with Gasteiger partial charge in [0.25, 0.3) is 0 Å². The van der Waals surface area contributed by atoms with Crippen molar-refractivity contribution in [3.8, 4) is 0 Å². The standard InChI is InChI=1S/C11H16N2/c1-9-8-13-7-2-10(9)11(3-4-11)5-6-12/h2,7-8H,3-6,12H2,1H3. The van der Waals surface area contributed by atoms with Gasteiger partial charge in [0.05, 0.1) is 0 Å². The summed E-state index contributed by atoms with van der Waals surface area (Å²) >= 11 is 0. The van der Waals surface area contributed by atoms with Crippen LogP contribution >= 0.6 is 0 Å². The number of pyridine rings is 1. The lowest BCUT2D eigenvalue weighted by Gasteiger charge is -2.16. The van der Waals surface area contributed by atoms with E-state index in [0.717, 1.165) is 13.0 Å². The molecule has 70 valence electrons. The molecule has 0 bridgehead atoms. The zero-order valence-corrected chi connectivity index (χ0v) is 8.09. The van der Waals surface area contributed by atoms with Crippen LogP contribution in [0.1, 0.15) is 30.4 Å². The molecule has 1 aliphatic carbocycles. The van der Waals surface area contributed by atoms with E-state index in [9.17, 15) is 0 Å². The van der Waals surface area contributed by atoms with Gasteiger partial charge in [-0.05, 0) is 55.3 Å². The Bertz CT molecular complexity index is 303. The highest BCUT2D eigenvalue weighted by Crippen LogP contribution is 2.51. The number of hydrogen-bond acceptors (Lipinski definition) is 2. The Kier molecular flexibility index (Phi) is 2.08. The van der Waals surface area contributed by atoms with Gasteiger partial charge in [0.2, 0.25) is 0 Å². The lowest BCUT2D eigenvalue weighted by molar-refractivity contribution is 0.624. The van der Waals surface area contributed by atoms with E-state index in [4.69, 9.17) is 5.73 Å². The number of rotatable bonds is 3. The molecule has 2 nitrogen and oxygen atoms in total. The summed E-state index contributed by atoms with van der Waals surface area (Å²) in [6.45, 7) is 2.93. The van der Waals surface area contributed by atoms with Crippen LogP contribution in [0.4, 0.5) is 0 Å². The van der Waals surface area contributed by atoms with Crippen LogP contribution in [0.25, 0.3) is 0 Å². The highest BCUT2D eigenvalue weighted by molar-refractivity contribution is 5.35. The van der Waals surface area contributed by atoms with Crippen molar-refractivity contribution in [1.82, 2.24) is 4.98 Å². The first-order chi connectivity index (χ1) is 6.28. The molecule has 1 aromatic rings. The molecule has 1 heterocycles. The maximum Gasteiger partial charge on any atom is 0.0299 e. The van der Waals surface area contributed by atoms with Crippen LogP contribution in [0.15, 0.2) is 18.5 Å². The Morgan fingerprint density at radius 3 is 2.85 bits per heavy atom. The molecular formula is C11H16N2. The Morgan fingerprint density at radius 1 is 1.54 bits per heavy atom. The van der Waals surface area contributed by atoms with Crippen molar-refractivity contribution in [3.63, 3.8) is 0 Å². The molecule has 0 spiro atoms. The van der Waals surface area contributed by atoms with Crippen molar-refractivity contribution >= 4 is 0 Å². The average molecular weight is 176 g/mol. The molecule has 2 N–H and O–H groups in total. The van der Waals surface area contributed by atoms with E-state index in [1.54, 1.807) is 0 Å². The number of aromatic nitrogens is 1. The number of nitrogens with zero attached hydrogens (tertiary/aromatic N) is 1. The molecule has 1 aliphatic rings. The number of hydrogen-bond donors (Lipinski definition) is 1. The molecule has 0 radical (unpaired) electrons. The van der Waals surface area contributed by atoms with Crippen LogP contribution in [0.5, 0.6) is 0 Å². The maximum absolute atomic E-state index is 5.63. The van der Waals surface area contributed by atoms with Gasteiger partial charge in [-0.2, -0.15) is 0 Å². The largest absolute Gasteiger partial charge is 0.330 e. The van der Waals surface area contributed by atoms with Crippen LogP contribution < -0.4 is 5.73 Å². The predicted molar refractivity (Wildman–Crippen MR) is 53.6 cm³/mol. The zero-order valence-electron chi connectivity index (χ0n) is 8.09. The molecule has 0 saturated heterocycles. The molecule has 0 aliphatic heterocycles. The fraction of sp³-hybridized carbons (Fsp3) is 0.545. The third kappa shape index (κ3) is 1.46. The quantitative estimate of drug-likeness (QED) is 0.762. The predicted octanol–water partition coefficient (Wildman–Crippen LogP) is 1.77. The first-order valence-electron chi connectivity index (χ1n) is 4.90. The average Bonchev–Trinajstić information content (AvgIpc) is 2.87. The summed E-state index contributed by atoms with van der Waals surface area (Å²) in [5, 5.41) is 0. The van der Waals surface area contributed by atoms with Gasteiger partial charge >= 0.3 is 0 Å². The molecule has 0 unspecified atom stereocenters. The maximum atomic E-state index is 5.63. The topological polar surface area (TPSA) is 38.9 Å². The van der Waals surface area contributed by atoms with Gasteiger partial charge in [0.15, 0.2) is 0 Å². The van der Waals surface area contributed by atoms with E-state index < -0.39 is 0 Å². The molecule has 0 atom stereocenters. The number of aryl methyl sites for hydroxylation is 1. The molecule has 1 saturated carbocycles. The second-order valence-electron chi connectivity index (χ2n) is 4.01. The monoisotopic (exact) mass is 176 g/mol. The van der Waals surface area contributed by atoms with Crippen LogP contribution in [0.3, 0.4) is 0 Å². The van der Waals surface area contributed by atoms with Crippen molar-refractivity contribution in [2.45, 2.75) is 31.6 Å². The normalized spacial score (nSPS) is 18.6. The fourth-order valence-electron chi connectivity index (χ4n) is 2.15. The summed E-state index contributed by atoms with van der Waals surface area (Å²) in [4.78, 5) is 4.12. The molecule has 2 heteroatoms. The SMILES string of the molecule is Cc1cnccc1C1(CCN)CC1. The summed E-state index contributed by atoms with van der Waals surface area (Å²) < 4.78 is 0. The van der Waals surface area contributed by atoms with E-state index in [0.29, 0.717) is 5.41 Å². The minimum Gasteiger partial charge on any atom is -0.330 e. The van der Waals surface area contributed by atoms with Crippen LogP contribution in [-0.4, -0.2) is 11.5 Å². The third-order valence-corrected chi connectivity index (χ3v) is 3.07. The minimum atomic E-state index is 0.418. The Hall–Kier alpha value is -0.890. The molecule has 0 aromatic carbocycles. The van der Waals surface area contributed by atoms with Crippen molar-refractivity contribution in [2.24, 2.45) is 5.73 Å². The van der Waals surface area contributed by atoms with Gasteiger partial charge in [-0.1, -0.05) is 0 Å². The summed E-state index contributed by atoms with van der Waals surface area (Å²) in [6.07, 6.45) is 7.56. The van der Waals surface area contributed by atoms with E-state index in [-0.39, 0.29) is 0 Å². The molecule has 13 heavy (non-hydrogen) atoms. The molecule has 1 fully saturated rings. The Morgan fingerprint density at radius 2 is 2.31 bits per heavy atom. The van der Waals surface area contributed by atoms with Gasteiger partial charge in [0, 0.05) is 12.4 Å². The number of nitrogens with two attached hydrogens (primary N) is 1. The van der Waals surface area contributed by atoms with E-state index in [2.05, 4.69) is 18.0 Å². The molecule has 2 rings (SSSR count). The van der Waals surface area contributed by atoms with E-state index in [1.807, 2.05) is 12.4 Å². The van der Waals surface area contributed by atoms with Crippen LogP contribution in [0.2, 0.25) is 0 Å². The Balaban J connectivity index is 2.30. The molecular weight excluding hydrogens is 160 g/mol. The highest BCUT2D eigenvalue weighted by atomic mass is 14.6. The van der Waals surface area contributed by atoms with Gasteiger partial charge in [-0.3, -0.25) is 4.98 Å². The summed E-state index contributed by atoms with van der Waals surface area (Å²) in [5.41, 5.74) is 8.82. The van der Waals surface area contributed by atoms with Crippen LogP contribution in [-0.2, 0) is 5.41 Å². The second-order valence-corrected chi connectivity index (χ2v) is 4.01. The fourth-order valence-corrected chi connectivity index (χ4v) is 2.15. The Labute approximate surface area is 79.2 Å². The van der Waals surface area contributed by atoms with Crippen molar-refractivity contribution in [1.29, 1.82) is 0 Å². The summed E-state index contributed by atoms with van der Waals surface area (Å²) in [5.74, 6) is 0. The lowest BCUT2D eigenvalue weighted by Crippen LogP contribution is -2.14. The molecule has 1 aromatic heterocycles. The van der Waals surface area contributed by atoms with Gasteiger partial charge < -0.3 is 5.73 Å². The third-order valence-electron chi connectivity index (χ3n) is 3.07. The highest BCUT2D eigenvalue weighted by Gasteiger charge is 2.43. The van der Waals surface area contributed by atoms with Crippen molar-refractivity contribution < 1.29 is 0 Å². The summed E-state index contributed by atoms with van der Waals surface area (Å²) in [7, 11) is 0. The smallest absolute Gasteiger partial charge is 0.0299 e.